The molecule has 34 heavy (non-hydrogen) atoms. The Morgan fingerprint density at radius 3 is 2.88 bits per heavy atom. The first-order valence-electron chi connectivity index (χ1n) is 10.8. The minimum absolute atomic E-state index is 0.00155. The van der Waals surface area contributed by atoms with Gasteiger partial charge in [-0.15, -0.1) is 11.3 Å². The van der Waals surface area contributed by atoms with Crippen molar-refractivity contribution in [1.82, 2.24) is 20.2 Å². The molecule has 8 nitrogen and oxygen atoms in total. The van der Waals surface area contributed by atoms with Crippen LogP contribution in [0.1, 0.15) is 23.0 Å². The van der Waals surface area contributed by atoms with Crippen molar-refractivity contribution in [3.8, 4) is 0 Å². The van der Waals surface area contributed by atoms with E-state index in [1.54, 1.807) is 17.4 Å². The van der Waals surface area contributed by atoms with E-state index in [1.807, 2.05) is 42.5 Å². The largest absolute Gasteiger partial charge is 0.612 e. The van der Waals surface area contributed by atoms with Gasteiger partial charge in [0.2, 0.25) is 11.9 Å². The van der Waals surface area contributed by atoms with Gasteiger partial charge < -0.3 is 20.1 Å². The number of carbonyl (C=O) groups excluding carboxylic acids is 2. The monoisotopic (exact) mass is 493 g/mol. The Labute approximate surface area is 203 Å². The van der Waals surface area contributed by atoms with E-state index in [2.05, 4.69) is 15.6 Å². The standard InChI is InChI=1S/C24H23N5O3S2/c1-14(30)26-17-8-9-29(13-17)23(31)21-11-19-20(33-21)7-6-15-12-25-24(28-22(15)19)27-16-4-3-5-18(10-16)34(2)32/h3-7,10-12,17H,8-9,13H2,1-2H3,(H,26,30)(H,25,27,28). The van der Waals surface area contributed by atoms with Gasteiger partial charge in [0.25, 0.3) is 5.91 Å². The molecule has 2 aromatic heterocycles. The van der Waals surface area contributed by atoms with Crippen LogP contribution >= 0.6 is 11.3 Å². The molecule has 0 spiro atoms. The van der Waals surface area contributed by atoms with Gasteiger partial charge in [0, 0.05) is 59.5 Å². The number of nitrogens with one attached hydrogen (secondary N) is 2. The highest BCUT2D eigenvalue weighted by molar-refractivity contribution is 7.90. The van der Waals surface area contributed by atoms with Gasteiger partial charge in [-0.05, 0) is 47.9 Å². The molecular weight excluding hydrogens is 470 g/mol. The Hall–Kier alpha value is -3.21. The van der Waals surface area contributed by atoms with Crippen molar-refractivity contribution < 1.29 is 14.1 Å². The van der Waals surface area contributed by atoms with Crippen molar-refractivity contribution in [3.63, 3.8) is 0 Å². The highest BCUT2D eigenvalue weighted by Gasteiger charge is 2.28. The fourth-order valence-electron chi connectivity index (χ4n) is 4.16. The number of hydrogen-bond donors (Lipinski definition) is 2. The molecular formula is C24H23N5O3S2. The van der Waals surface area contributed by atoms with E-state index in [1.165, 1.54) is 18.3 Å². The lowest BCUT2D eigenvalue weighted by Crippen LogP contribution is -2.37. The van der Waals surface area contributed by atoms with Gasteiger partial charge in [0.1, 0.15) is 6.26 Å². The zero-order valence-corrected chi connectivity index (χ0v) is 20.3. The van der Waals surface area contributed by atoms with Crippen molar-refractivity contribution in [2.24, 2.45) is 0 Å². The average molecular weight is 494 g/mol. The Kier molecular flexibility index (Phi) is 6.11. The molecule has 10 heteroatoms. The summed E-state index contributed by atoms with van der Waals surface area (Å²) in [5.74, 6) is 0.321. The number of thiophene rings is 1. The number of nitrogens with zero attached hydrogens (tertiary/aromatic N) is 3. The fourth-order valence-corrected chi connectivity index (χ4v) is 5.76. The predicted molar refractivity (Wildman–Crippen MR) is 135 cm³/mol. The Balaban J connectivity index is 1.43. The van der Waals surface area contributed by atoms with E-state index < -0.39 is 11.2 Å². The summed E-state index contributed by atoms with van der Waals surface area (Å²) in [5, 5.41) is 7.86. The molecule has 1 aliphatic rings. The lowest BCUT2D eigenvalue weighted by atomic mass is 10.2. The summed E-state index contributed by atoms with van der Waals surface area (Å²) < 4.78 is 12.8. The van der Waals surface area contributed by atoms with E-state index in [-0.39, 0.29) is 17.9 Å². The van der Waals surface area contributed by atoms with Gasteiger partial charge in [-0.25, -0.2) is 9.97 Å². The quantitative estimate of drug-likeness (QED) is 0.411. The highest BCUT2D eigenvalue weighted by Crippen LogP contribution is 2.33. The number of rotatable bonds is 5. The molecule has 2 unspecified atom stereocenters. The summed E-state index contributed by atoms with van der Waals surface area (Å²) in [7, 11) is 0. The van der Waals surface area contributed by atoms with Crippen molar-refractivity contribution in [1.29, 1.82) is 0 Å². The topological polar surface area (TPSA) is 110 Å². The normalized spacial score (nSPS) is 16.7. The SMILES string of the molecule is CC(=O)NC1CCN(C(=O)c2cc3c(ccc4cnc(Nc5cccc([S+](C)[O-])c5)nc43)s2)C1. The number of carbonyl (C=O) groups is 2. The van der Waals surface area contributed by atoms with Crippen LogP contribution < -0.4 is 10.6 Å². The van der Waals surface area contributed by atoms with E-state index >= 15 is 0 Å². The molecule has 1 aliphatic heterocycles. The van der Waals surface area contributed by atoms with Gasteiger partial charge >= 0.3 is 0 Å². The number of amides is 2. The summed E-state index contributed by atoms with van der Waals surface area (Å²) in [4.78, 5) is 36.8. The third-order valence-corrected chi connectivity index (χ3v) is 7.77. The smallest absolute Gasteiger partial charge is 0.264 e. The number of aromatic nitrogens is 2. The number of hydrogen-bond acceptors (Lipinski definition) is 7. The maximum Gasteiger partial charge on any atom is 0.264 e. The minimum Gasteiger partial charge on any atom is -0.612 e. The van der Waals surface area contributed by atoms with Crippen LogP contribution in [0.4, 0.5) is 11.6 Å². The summed E-state index contributed by atoms with van der Waals surface area (Å²) in [5.41, 5.74) is 1.52. The number of likely N-dealkylation sites (tertiary alicyclic amines) is 1. The molecule has 3 heterocycles. The second-order valence-electron chi connectivity index (χ2n) is 8.26. The first-order valence-corrected chi connectivity index (χ1v) is 13.2. The molecule has 0 bridgehead atoms. The maximum absolute atomic E-state index is 13.1. The van der Waals surface area contributed by atoms with Crippen LogP contribution in [-0.2, 0) is 16.0 Å². The molecule has 2 N–H and O–H groups in total. The van der Waals surface area contributed by atoms with Gasteiger partial charge in [0.15, 0.2) is 4.90 Å². The summed E-state index contributed by atoms with van der Waals surface area (Å²) >= 11 is 0.361. The van der Waals surface area contributed by atoms with Gasteiger partial charge in [0.05, 0.1) is 10.4 Å². The van der Waals surface area contributed by atoms with Crippen molar-refractivity contribution >= 4 is 67.0 Å². The molecule has 5 rings (SSSR count). The lowest BCUT2D eigenvalue weighted by Gasteiger charge is -2.15. The molecule has 2 atom stereocenters. The van der Waals surface area contributed by atoms with Crippen LogP contribution in [0.25, 0.3) is 21.0 Å². The summed E-state index contributed by atoms with van der Waals surface area (Å²) in [6.07, 6.45) is 4.15. The molecule has 174 valence electrons. The van der Waals surface area contributed by atoms with Crippen LogP contribution in [0.3, 0.4) is 0 Å². The Morgan fingerprint density at radius 2 is 2.09 bits per heavy atom. The molecule has 0 saturated carbocycles. The molecule has 1 fully saturated rings. The maximum atomic E-state index is 13.1. The predicted octanol–water partition coefficient (Wildman–Crippen LogP) is 3.68. The molecule has 4 aromatic rings. The van der Waals surface area contributed by atoms with Crippen molar-refractivity contribution in [3.05, 3.63) is 53.5 Å². The minimum atomic E-state index is -1.08. The van der Waals surface area contributed by atoms with E-state index in [0.717, 1.165) is 38.0 Å². The third-order valence-electron chi connectivity index (χ3n) is 5.76. The molecule has 2 amide bonds. The van der Waals surface area contributed by atoms with Crippen LogP contribution in [0.15, 0.2) is 53.6 Å². The van der Waals surface area contributed by atoms with Crippen LogP contribution in [-0.4, -0.2) is 56.6 Å². The molecule has 1 saturated heterocycles. The number of fused-ring (bicyclic) bond motifs is 3. The van der Waals surface area contributed by atoms with E-state index in [0.29, 0.717) is 23.9 Å². The second kappa shape index (κ2) is 9.21. The molecule has 0 aliphatic carbocycles. The van der Waals surface area contributed by atoms with Gasteiger partial charge in [-0.3, -0.25) is 9.59 Å². The average Bonchev–Trinajstić information content (AvgIpc) is 3.45. The number of anilines is 2. The second-order valence-corrected chi connectivity index (χ2v) is 10.7. The van der Waals surface area contributed by atoms with Crippen molar-refractivity contribution in [2.75, 3.05) is 24.7 Å². The van der Waals surface area contributed by atoms with Gasteiger partial charge in [-0.1, -0.05) is 6.07 Å². The molecule has 0 radical (unpaired) electrons. The lowest BCUT2D eigenvalue weighted by molar-refractivity contribution is -0.119. The van der Waals surface area contributed by atoms with Gasteiger partial charge in [-0.2, -0.15) is 0 Å². The summed E-state index contributed by atoms with van der Waals surface area (Å²) in [6, 6.07) is 13.2. The van der Waals surface area contributed by atoms with Crippen LogP contribution in [0.5, 0.6) is 0 Å². The van der Waals surface area contributed by atoms with E-state index in [4.69, 9.17) is 4.98 Å². The number of benzene rings is 2. The first-order chi connectivity index (χ1) is 16.4. The zero-order valence-electron chi connectivity index (χ0n) is 18.7. The van der Waals surface area contributed by atoms with E-state index in [9.17, 15) is 14.1 Å². The first kappa shape index (κ1) is 22.6. The van der Waals surface area contributed by atoms with Crippen LogP contribution in [0, 0.1) is 0 Å². The van der Waals surface area contributed by atoms with Crippen LogP contribution in [0.2, 0.25) is 0 Å². The zero-order chi connectivity index (χ0) is 23.8. The molecule has 2 aromatic carbocycles. The fraction of sp³-hybridized carbons (Fsp3) is 0.250. The Morgan fingerprint density at radius 1 is 1.24 bits per heavy atom. The Bertz CT molecular complexity index is 1400. The van der Waals surface area contributed by atoms with Crippen molar-refractivity contribution in [2.45, 2.75) is 24.3 Å². The third kappa shape index (κ3) is 4.56. The highest BCUT2D eigenvalue weighted by atomic mass is 32.2. The summed E-state index contributed by atoms with van der Waals surface area (Å²) in [6.45, 7) is 2.63.